The van der Waals surface area contributed by atoms with Crippen molar-refractivity contribution in [1.82, 2.24) is 20.5 Å². The average molecular weight is 258 g/mol. The lowest BCUT2D eigenvalue weighted by Gasteiger charge is -2.25. The summed E-state index contributed by atoms with van der Waals surface area (Å²) < 4.78 is 0. The highest BCUT2D eigenvalue weighted by Crippen LogP contribution is 2.19. The second-order valence-electron chi connectivity index (χ2n) is 4.06. The van der Waals surface area contributed by atoms with Gasteiger partial charge in [0.15, 0.2) is 0 Å². The second kappa shape index (κ2) is 6.02. The Bertz CT molecular complexity index is 382. The quantitative estimate of drug-likeness (QED) is 0.633. The highest BCUT2D eigenvalue weighted by molar-refractivity contribution is 7.99. The molecule has 0 saturated heterocycles. The molecule has 6 nitrogen and oxygen atoms in total. The van der Waals surface area contributed by atoms with Gasteiger partial charge in [-0.3, -0.25) is 9.89 Å². The lowest BCUT2D eigenvalue weighted by atomic mass is 10.1. The van der Waals surface area contributed by atoms with E-state index in [0.29, 0.717) is 17.5 Å². The minimum Gasteiger partial charge on any atom is -0.480 e. The third-order valence-corrected chi connectivity index (χ3v) is 3.47. The zero-order valence-electron chi connectivity index (χ0n) is 10.3. The van der Waals surface area contributed by atoms with Gasteiger partial charge in [0.1, 0.15) is 11.4 Å². The third kappa shape index (κ3) is 4.01. The Labute approximate surface area is 105 Å². The predicted octanol–water partition coefficient (Wildman–Crippen LogP) is 1.05. The minimum atomic E-state index is -0.949. The fraction of sp³-hybridized carbons (Fsp3) is 0.700. The van der Waals surface area contributed by atoms with E-state index >= 15 is 0 Å². The number of hydrogen-bond acceptors (Lipinski definition) is 5. The normalized spacial score (nSPS) is 14.5. The first kappa shape index (κ1) is 14.0. The van der Waals surface area contributed by atoms with E-state index in [1.54, 1.807) is 6.92 Å². The molecule has 0 aromatic carbocycles. The number of aliphatic carboxylic acids is 1. The number of nitrogens with zero attached hydrogens (tertiary/aromatic N) is 2. The van der Waals surface area contributed by atoms with Gasteiger partial charge in [0.05, 0.1) is 0 Å². The van der Waals surface area contributed by atoms with Crippen molar-refractivity contribution in [3.63, 3.8) is 0 Å². The highest BCUT2D eigenvalue weighted by Gasteiger charge is 2.32. The number of hydrogen-bond donors (Lipinski definition) is 3. The van der Waals surface area contributed by atoms with Crippen LogP contribution in [-0.2, 0) is 4.79 Å². The average Bonchev–Trinajstić information content (AvgIpc) is 2.69. The molecule has 3 N–H and O–H groups in total. The Morgan fingerprint density at radius 1 is 1.65 bits per heavy atom. The number of thioether (sulfide) groups is 1. The van der Waals surface area contributed by atoms with Gasteiger partial charge < -0.3 is 10.4 Å². The van der Waals surface area contributed by atoms with Gasteiger partial charge >= 0.3 is 5.97 Å². The van der Waals surface area contributed by atoms with Crippen LogP contribution in [0, 0.1) is 6.92 Å². The largest absolute Gasteiger partial charge is 0.480 e. The van der Waals surface area contributed by atoms with Crippen molar-refractivity contribution in [1.29, 1.82) is 0 Å². The Kier molecular flexibility index (Phi) is 4.95. The zero-order valence-corrected chi connectivity index (χ0v) is 11.1. The summed E-state index contributed by atoms with van der Waals surface area (Å²) in [7, 11) is 0. The number of aromatic amines is 1. The number of carboxylic acids is 1. The van der Waals surface area contributed by atoms with Crippen molar-refractivity contribution in [2.75, 3.05) is 12.3 Å². The number of carboxylic acid groups (broad SMARTS) is 1. The van der Waals surface area contributed by atoms with Crippen LogP contribution >= 0.6 is 11.8 Å². The molecular weight excluding hydrogens is 240 g/mol. The number of rotatable bonds is 7. The summed E-state index contributed by atoms with van der Waals surface area (Å²) in [6.45, 7) is 6.16. The van der Waals surface area contributed by atoms with Crippen LogP contribution in [-0.4, -0.2) is 44.1 Å². The van der Waals surface area contributed by atoms with Crippen molar-refractivity contribution in [2.45, 2.75) is 37.9 Å². The summed E-state index contributed by atoms with van der Waals surface area (Å²) in [5, 5.41) is 19.5. The molecule has 0 saturated carbocycles. The van der Waals surface area contributed by atoms with Crippen molar-refractivity contribution >= 4 is 17.7 Å². The molecule has 0 fully saturated rings. The molecule has 1 atom stereocenters. The Balaban J connectivity index is 2.58. The fourth-order valence-corrected chi connectivity index (χ4v) is 2.14. The SMILES string of the molecule is CCCNC(C)(CSc1n[nH]c(C)n1)C(=O)O. The van der Waals surface area contributed by atoms with E-state index in [2.05, 4.69) is 20.5 Å². The van der Waals surface area contributed by atoms with E-state index in [4.69, 9.17) is 0 Å². The molecule has 0 aliphatic rings. The van der Waals surface area contributed by atoms with Crippen LogP contribution in [0.5, 0.6) is 0 Å². The van der Waals surface area contributed by atoms with Gasteiger partial charge in [0.2, 0.25) is 5.16 Å². The number of carbonyl (C=O) groups is 1. The van der Waals surface area contributed by atoms with Crippen LogP contribution in [0.1, 0.15) is 26.1 Å². The molecule has 0 radical (unpaired) electrons. The summed E-state index contributed by atoms with van der Waals surface area (Å²) in [6, 6.07) is 0. The fourth-order valence-electron chi connectivity index (χ4n) is 1.18. The van der Waals surface area contributed by atoms with E-state index in [9.17, 15) is 9.90 Å². The zero-order chi connectivity index (χ0) is 12.9. The third-order valence-electron chi connectivity index (χ3n) is 2.30. The Morgan fingerprint density at radius 3 is 2.82 bits per heavy atom. The molecule has 96 valence electrons. The predicted molar refractivity (Wildman–Crippen MR) is 66.2 cm³/mol. The Hall–Kier alpha value is -1.08. The van der Waals surface area contributed by atoms with Crippen LogP contribution in [0.25, 0.3) is 0 Å². The molecule has 1 aromatic heterocycles. The molecular formula is C10H18N4O2S. The maximum Gasteiger partial charge on any atom is 0.324 e. The standard InChI is InChI=1S/C10H18N4O2S/c1-4-5-11-10(3,8(15)16)6-17-9-12-7(2)13-14-9/h11H,4-6H2,1-3H3,(H,15,16)(H,12,13,14). The summed E-state index contributed by atoms with van der Waals surface area (Å²) in [6.07, 6.45) is 0.896. The number of aromatic nitrogens is 3. The molecule has 0 aliphatic heterocycles. The second-order valence-corrected chi connectivity index (χ2v) is 5.00. The molecule has 0 spiro atoms. The van der Waals surface area contributed by atoms with E-state index in [1.807, 2.05) is 13.8 Å². The van der Waals surface area contributed by atoms with E-state index in [1.165, 1.54) is 11.8 Å². The van der Waals surface area contributed by atoms with Crippen molar-refractivity contribution < 1.29 is 9.90 Å². The summed E-state index contributed by atoms with van der Waals surface area (Å²) >= 11 is 1.33. The summed E-state index contributed by atoms with van der Waals surface area (Å²) in [5.74, 6) is 0.261. The van der Waals surface area contributed by atoms with Gasteiger partial charge in [-0.1, -0.05) is 18.7 Å². The lowest BCUT2D eigenvalue weighted by molar-refractivity contribution is -0.143. The van der Waals surface area contributed by atoms with E-state index < -0.39 is 11.5 Å². The lowest BCUT2D eigenvalue weighted by Crippen LogP contribution is -2.51. The van der Waals surface area contributed by atoms with Gasteiger partial charge in [-0.05, 0) is 26.8 Å². The summed E-state index contributed by atoms with van der Waals surface area (Å²) in [5.41, 5.74) is -0.949. The topological polar surface area (TPSA) is 90.9 Å². The van der Waals surface area contributed by atoms with Gasteiger partial charge in [0.25, 0.3) is 0 Å². The van der Waals surface area contributed by atoms with Crippen LogP contribution in [0.2, 0.25) is 0 Å². The van der Waals surface area contributed by atoms with Gasteiger partial charge in [0, 0.05) is 5.75 Å². The smallest absolute Gasteiger partial charge is 0.324 e. The Morgan fingerprint density at radius 2 is 2.35 bits per heavy atom. The molecule has 17 heavy (non-hydrogen) atoms. The molecule has 1 unspecified atom stereocenters. The van der Waals surface area contributed by atoms with E-state index in [0.717, 1.165) is 12.2 Å². The van der Waals surface area contributed by atoms with Crippen molar-refractivity contribution in [2.24, 2.45) is 0 Å². The monoisotopic (exact) mass is 258 g/mol. The maximum absolute atomic E-state index is 11.2. The first-order valence-electron chi connectivity index (χ1n) is 5.48. The molecule has 0 aliphatic carbocycles. The maximum atomic E-state index is 11.2. The van der Waals surface area contributed by atoms with Crippen molar-refractivity contribution in [3.8, 4) is 0 Å². The number of H-pyrrole nitrogens is 1. The number of aryl methyl sites for hydroxylation is 1. The van der Waals surface area contributed by atoms with Crippen LogP contribution in [0.4, 0.5) is 0 Å². The number of nitrogens with one attached hydrogen (secondary N) is 2. The molecule has 0 amide bonds. The van der Waals surface area contributed by atoms with Gasteiger partial charge in [-0.15, -0.1) is 5.10 Å². The summed E-state index contributed by atoms with van der Waals surface area (Å²) in [4.78, 5) is 15.4. The van der Waals surface area contributed by atoms with Gasteiger partial charge in [-0.2, -0.15) is 0 Å². The first-order chi connectivity index (χ1) is 7.98. The van der Waals surface area contributed by atoms with Gasteiger partial charge in [-0.25, -0.2) is 4.98 Å². The first-order valence-corrected chi connectivity index (χ1v) is 6.46. The molecule has 1 heterocycles. The highest BCUT2D eigenvalue weighted by atomic mass is 32.2. The van der Waals surface area contributed by atoms with Crippen LogP contribution in [0.15, 0.2) is 5.16 Å². The van der Waals surface area contributed by atoms with Crippen LogP contribution < -0.4 is 5.32 Å². The molecule has 1 aromatic rings. The molecule has 0 bridgehead atoms. The van der Waals surface area contributed by atoms with Crippen LogP contribution in [0.3, 0.4) is 0 Å². The van der Waals surface area contributed by atoms with E-state index in [-0.39, 0.29) is 0 Å². The molecule has 1 rings (SSSR count). The minimum absolute atomic E-state index is 0.389. The van der Waals surface area contributed by atoms with Crippen molar-refractivity contribution in [3.05, 3.63) is 5.82 Å². The molecule has 7 heteroatoms.